The predicted octanol–water partition coefficient (Wildman–Crippen LogP) is 6.18. The molecule has 0 aromatic carbocycles. The van der Waals surface area contributed by atoms with E-state index in [1.165, 1.54) is 45.6 Å². The van der Waals surface area contributed by atoms with Crippen molar-refractivity contribution >= 4 is 34.1 Å². The molecule has 0 unspecified atom stereocenters. The van der Waals surface area contributed by atoms with E-state index in [4.69, 9.17) is 4.74 Å². The molecule has 0 saturated carbocycles. The number of thiophene rings is 1. The van der Waals surface area contributed by atoms with E-state index in [1.54, 1.807) is 11.8 Å². The third-order valence-electron chi connectivity index (χ3n) is 5.54. The molecular formula is C24H40N2O4S. The van der Waals surface area contributed by atoms with Gasteiger partial charge in [-0.25, -0.2) is 4.79 Å². The van der Waals surface area contributed by atoms with E-state index < -0.39 is 5.97 Å². The number of unbranched alkanes of at least 4 members (excludes halogenated alkanes) is 8. The SMILES string of the molecule is CCCCCCCCCCCC(=O)Nc1sc(C(=O)N(CC)CC)c(C)c1C(=O)OC. The van der Waals surface area contributed by atoms with E-state index in [2.05, 4.69) is 12.2 Å². The summed E-state index contributed by atoms with van der Waals surface area (Å²) in [7, 11) is 1.30. The second-order valence-corrected chi connectivity index (χ2v) is 8.88. The number of hydrogen-bond acceptors (Lipinski definition) is 5. The van der Waals surface area contributed by atoms with Crippen LogP contribution in [0.1, 0.15) is 111 Å². The van der Waals surface area contributed by atoms with Gasteiger partial charge in [-0.05, 0) is 32.8 Å². The lowest BCUT2D eigenvalue weighted by atomic mass is 10.1. The molecule has 7 heteroatoms. The molecule has 0 saturated heterocycles. The molecule has 0 fully saturated rings. The first kappa shape index (κ1) is 27.1. The standard InChI is InChI=1S/C24H40N2O4S/c1-6-9-10-11-12-13-14-15-16-17-19(27)25-22-20(24(29)30-5)18(4)21(31-22)23(28)26(7-2)8-3/h6-17H2,1-5H3,(H,25,27). The van der Waals surface area contributed by atoms with Crippen molar-refractivity contribution in [2.45, 2.75) is 91.9 Å². The monoisotopic (exact) mass is 452 g/mol. The van der Waals surface area contributed by atoms with Gasteiger partial charge in [0.1, 0.15) is 5.00 Å². The minimum Gasteiger partial charge on any atom is -0.465 e. The number of anilines is 1. The number of amides is 2. The lowest BCUT2D eigenvalue weighted by Gasteiger charge is -2.17. The zero-order chi connectivity index (χ0) is 23.2. The fraction of sp³-hybridized carbons (Fsp3) is 0.708. The Bertz CT molecular complexity index is 711. The van der Waals surface area contributed by atoms with Gasteiger partial charge in [0.2, 0.25) is 5.91 Å². The molecule has 0 atom stereocenters. The van der Waals surface area contributed by atoms with E-state index in [1.807, 2.05) is 13.8 Å². The van der Waals surface area contributed by atoms with Crippen LogP contribution in [0.15, 0.2) is 0 Å². The normalized spacial score (nSPS) is 10.7. The van der Waals surface area contributed by atoms with Gasteiger partial charge in [0.25, 0.3) is 5.91 Å². The molecule has 1 N–H and O–H groups in total. The van der Waals surface area contributed by atoms with Crippen molar-refractivity contribution in [3.05, 3.63) is 16.0 Å². The van der Waals surface area contributed by atoms with Crippen molar-refractivity contribution in [3.63, 3.8) is 0 Å². The molecule has 31 heavy (non-hydrogen) atoms. The highest BCUT2D eigenvalue weighted by Gasteiger charge is 2.27. The molecular weight excluding hydrogens is 412 g/mol. The number of rotatable bonds is 15. The first-order valence-corrected chi connectivity index (χ1v) is 12.5. The van der Waals surface area contributed by atoms with Crippen LogP contribution in [0.3, 0.4) is 0 Å². The maximum atomic E-state index is 12.8. The molecule has 0 spiro atoms. The minimum absolute atomic E-state index is 0.128. The lowest BCUT2D eigenvalue weighted by molar-refractivity contribution is -0.116. The molecule has 1 aromatic heterocycles. The van der Waals surface area contributed by atoms with E-state index in [0.717, 1.165) is 30.6 Å². The number of nitrogens with zero attached hydrogens (tertiary/aromatic N) is 1. The van der Waals surface area contributed by atoms with Crippen molar-refractivity contribution < 1.29 is 19.1 Å². The average Bonchev–Trinajstić information content (AvgIpc) is 3.08. The Kier molecular flexibility index (Phi) is 13.1. The number of hydrogen-bond donors (Lipinski definition) is 1. The van der Waals surface area contributed by atoms with Crippen molar-refractivity contribution in [1.82, 2.24) is 4.90 Å². The fourth-order valence-corrected chi connectivity index (χ4v) is 4.77. The maximum Gasteiger partial charge on any atom is 0.341 e. The Morgan fingerprint density at radius 1 is 0.903 bits per heavy atom. The third-order valence-corrected chi connectivity index (χ3v) is 6.74. The van der Waals surface area contributed by atoms with Gasteiger partial charge in [-0.1, -0.05) is 58.3 Å². The third kappa shape index (κ3) is 8.63. The highest BCUT2D eigenvalue weighted by Crippen LogP contribution is 2.34. The summed E-state index contributed by atoms with van der Waals surface area (Å²) >= 11 is 1.16. The molecule has 176 valence electrons. The minimum atomic E-state index is -0.536. The number of nitrogens with one attached hydrogen (secondary N) is 1. The first-order chi connectivity index (χ1) is 14.9. The van der Waals surface area contributed by atoms with Crippen LogP contribution in [-0.2, 0) is 9.53 Å². The molecule has 2 amide bonds. The van der Waals surface area contributed by atoms with Crippen LogP contribution in [0.5, 0.6) is 0 Å². The van der Waals surface area contributed by atoms with Crippen LogP contribution in [-0.4, -0.2) is 42.9 Å². The van der Waals surface area contributed by atoms with Crippen molar-refractivity contribution in [2.75, 3.05) is 25.5 Å². The summed E-state index contributed by atoms with van der Waals surface area (Å²) in [6.07, 6.45) is 11.1. The Hall–Kier alpha value is -1.89. The summed E-state index contributed by atoms with van der Waals surface area (Å²) < 4.78 is 4.90. The van der Waals surface area contributed by atoms with E-state index in [-0.39, 0.29) is 17.4 Å². The van der Waals surface area contributed by atoms with E-state index in [0.29, 0.717) is 35.0 Å². The lowest BCUT2D eigenvalue weighted by Crippen LogP contribution is -2.30. The van der Waals surface area contributed by atoms with Crippen molar-refractivity contribution in [2.24, 2.45) is 0 Å². The van der Waals surface area contributed by atoms with Crippen molar-refractivity contribution in [1.29, 1.82) is 0 Å². The Morgan fingerprint density at radius 2 is 1.45 bits per heavy atom. The molecule has 0 aliphatic heterocycles. The largest absolute Gasteiger partial charge is 0.465 e. The summed E-state index contributed by atoms with van der Waals surface area (Å²) in [6.45, 7) is 8.95. The Morgan fingerprint density at radius 3 is 1.97 bits per heavy atom. The van der Waals surface area contributed by atoms with Crippen LogP contribution in [0.25, 0.3) is 0 Å². The quantitative estimate of drug-likeness (QED) is 0.254. The van der Waals surface area contributed by atoms with Crippen LogP contribution >= 0.6 is 11.3 Å². The summed E-state index contributed by atoms with van der Waals surface area (Å²) in [5.41, 5.74) is 0.843. The van der Waals surface area contributed by atoms with Gasteiger partial charge in [0.15, 0.2) is 0 Å². The Balaban J connectivity index is 2.66. The molecule has 0 bridgehead atoms. The molecule has 0 aliphatic carbocycles. The van der Waals surface area contributed by atoms with Crippen molar-refractivity contribution in [3.8, 4) is 0 Å². The topological polar surface area (TPSA) is 75.7 Å². The number of methoxy groups -OCH3 is 1. The molecule has 0 aliphatic rings. The van der Waals surface area contributed by atoms with Gasteiger partial charge in [-0.15, -0.1) is 11.3 Å². The van der Waals surface area contributed by atoms with Crippen LogP contribution < -0.4 is 5.32 Å². The van der Waals surface area contributed by atoms with Gasteiger partial charge in [-0.2, -0.15) is 0 Å². The summed E-state index contributed by atoms with van der Waals surface area (Å²) in [4.78, 5) is 39.8. The number of esters is 1. The fourth-order valence-electron chi connectivity index (χ4n) is 3.59. The van der Waals surface area contributed by atoms with E-state index in [9.17, 15) is 14.4 Å². The zero-order valence-electron chi connectivity index (χ0n) is 20.0. The van der Waals surface area contributed by atoms with Gasteiger partial charge in [-0.3, -0.25) is 9.59 Å². The molecule has 1 rings (SSSR count). The number of carbonyl (C=O) groups is 3. The smallest absolute Gasteiger partial charge is 0.341 e. The molecule has 0 radical (unpaired) electrons. The predicted molar refractivity (Wildman–Crippen MR) is 128 cm³/mol. The summed E-state index contributed by atoms with van der Waals surface area (Å²) in [5.74, 6) is -0.793. The molecule has 1 heterocycles. The highest BCUT2D eigenvalue weighted by atomic mass is 32.1. The summed E-state index contributed by atoms with van der Waals surface area (Å²) in [5, 5.41) is 3.25. The van der Waals surface area contributed by atoms with Gasteiger partial charge in [0, 0.05) is 19.5 Å². The van der Waals surface area contributed by atoms with Crippen LogP contribution in [0.2, 0.25) is 0 Å². The average molecular weight is 453 g/mol. The maximum absolute atomic E-state index is 12.8. The Labute approximate surface area is 191 Å². The zero-order valence-corrected chi connectivity index (χ0v) is 20.8. The summed E-state index contributed by atoms with van der Waals surface area (Å²) in [6, 6.07) is 0. The molecule has 6 nitrogen and oxygen atoms in total. The second-order valence-electron chi connectivity index (χ2n) is 7.86. The van der Waals surface area contributed by atoms with Gasteiger partial charge in [0.05, 0.1) is 17.6 Å². The van der Waals surface area contributed by atoms with Crippen LogP contribution in [0.4, 0.5) is 5.00 Å². The van der Waals surface area contributed by atoms with Crippen LogP contribution in [0, 0.1) is 6.92 Å². The second kappa shape index (κ2) is 15.0. The molecule has 1 aromatic rings. The highest BCUT2D eigenvalue weighted by molar-refractivity contribution is 7.18. The first-order valence-electron chi connectivity index (χ1n) is 11.7. The number of ether oxygens (including phenoxy) is 1. The van der Waals surface area contributed by atoms with Gasteiger partial charge < -0.3 is 15.0 Å². The number of carbonyl (C=O) groups excluding carboxylic acids is 3. The van der Waals surface area contributed by atoms with E-state index >= 15 is 0 Å². The van der Waals surface area contributed by atoms with Gasteiger partial charge >= 0.3 is 5.97 Å².